The van der Waals surface area contributed by atoms with E-state index in [0.29, 0.717) is 43.7 Å². The number of nitrogens with two attached hydrogens (primary N) is 4. The van der Waals surface area contributed by atoms with Gasteiger partial charge in [-0.1, -0.05) is 41.5 Å². The fourth-order valence-electron chi connectivity index (χ4n) is 7.59. The van der Waals surface area contributed by atoms with Gasteiger partial charge < -0.3 is 67.3 Å². The Bertz CT molecular complexity index is 812. The number of hydrogen-bond acceptors (Lipinski definition) is 10. The normalized spacial score (nSPS) is 34.2. The Hall–Kier alpha value is 1.66. The molecule has 0 radical (unpaired) electrons. The Balaban J connectivity index is 0. The van der Waals surface area contributed by atoms with Crippen LogP contribution in [0.4, 0.5) is 0 Å². The van der Waals surface area contributed by atoms with Crippen LogP contribution >= 0.6 is 47.0 Å². The highest BCUT2D eigenvalue weighted by Gasteiger charge is 2.35. The minimum absolute atomic E-state index is 0. The van der Waals surface area contributed by atoms with Crippen LogP contribution in [0.2, 0.25) is 0 Å². The third kappa shape index (κ3) is 23.2. The largest absolute Gasteiger partial charge is 1.00 e. The monoisotopic (exact) mass is 856 g/mol. The molecule has 0 bridgehead atoms. The average Bonchev–Trinajstić information content (AvgIpc) is 3.81. The van der Waals surface area contributed by atoms with Crippen molar-refractivity contribution >= 4 is 47.0 Å². The molecule has 52 heavy (non-hydrogen) atoms. The van der Waals surface area contributed by atoms with Crippen LogP contribution in [0.15, 0.2) is 0 Å². The first kappa shape index (κ1) is 55.8. The highest BCUT2D eigenvalue weighted by molar-refractivity contribution is 7.99. The van der Waals surface area contributed by atoms with Gasteiger partial charge in [0.05, 0.1) is 50.6 Å². The van der Waals surface area contributed by atoms with E-state index in [0.717, 1.165) is 63.5 Å². The highest BCUT2D eigenvalue weighted by Crippen LogP contribution is 2.34. The SMILES string of the molecule is CS[C@@H]1C[C@@H](CN)C[C@H]1O.CS[C@@H]1C[C@@H](C[NH2+]CC(C)(C)C)C[C@H]1O.CS[C@H]1C[C@H](CN)C[C@@H]1O.CS[C@H]1C[C@H](C[NH2+]CC(C)(C)C)C[C@@H]1O.[Cl-].[Cl-]. The lowest BCUT2D eigenvalue weighted by Crippen LogP contribution is -3.00. The van der Waals surface area contributed by atoms with Crippen LogP contribution in [0.5, 0.6) is 0 Å². The molecule has 0 aromatic carbocycles. The molecule has 12 atom stereocenters. The molecule has 0 saturated heterocycles. The molecule has 0 spiro atoms. The van der Waals surface area contributed by atoms with Crippen molar-refractivity contribution in [3.8, 4) is 0 Å². The van der Waals surface area contributed by atoms with Crippen LogP contribution in [0, 0.1) is 34.5 Å². The van der Waals surface area contributed by atoms with Gasteiger partial charge in [-0.2, -0.15) is 47.0 Å². The Morgan fingerprint density at radius 1 is 0.462 bits per heavy atom. The van der Waals surface area contributed by atoms with E-state index >= 15 is 0 Å². The molecule has 4 saturated carbocycles. The van der Waals surface area contributed by atoms with Gasteiger partial charge in [-0.25, -0.2) is 0 Å². The summed E-state index contributed by atoms with van der Waals surface area (Å²) < 4.78 is 0. The summed E-state index contributed by atoms with van der Waals surface area (Å²) in [6.45, 7) is 19.9. The van der Waals surface area contributed by atoms with Gasteiger partial charge >= 0.3 is 0 Å². The Kier molecular flexibility index (Phi) is 31.1. The van der Waals surface area contributed by atoms with Crippen LogP contribution in [-0.4, -0.2) is 130 Å². The summed E-state index contributed by atoms with van der Waals surface area (Å²) in [4.78, 5) is 0. The molecule has 4 fully saturated rings. The van der Waals surface area contributed by atoms with Gasteiger partial charge in [-0.05, 0) is 101 Å². The third-order valence-corrected chi connectivity index (χ3v) is 15.1. The van der Waals surface area contributed by atoms with Gasteiger partial charge in [0.25, 0.3) is 0 Å². The maximum absolute atomic E-state index is 9.78. The average molecular weight is 858 g/mol. The van der Waals surface area contributed by atoms with E-state index in [-0.39, 0.29) is 49.2 Å². The zero-order valence-electron chi connectivity index (χ0n) is 34.3. The van der Waals surface area contributed by atoms with Crippen LogP contribution in [0.25, 0.3) is 0 Å². The molecule has 0 aromatic rings. The predicted octanol–water partition coefficient (Wildman–Crippen LogP) is -2.90. The number of thioether (sulfide) groups is 4. The topological polar surface area (TPSA) is 166 Å². The van der Waals surface area contributed by atoms with E-state index in [1.807, 2.05) is 36.0 Å². The van der Waals surface area contributed by atoms with Gasteiger partial charge in [0, 0.05) is 43.7 Å². The minimum Gasteiger partial charge on any atom is -1.00 e. The molecule has 4 aliphatic carbocycles. The lowest BCUT2D eigenvalue weighted by atomic mass is 9.96. The number of quaternary nitrogens is 2. The Morgan fingerprint density at radius 2 is 0.692 bits per heavy atom. The maximum atomic E-state index is 9.78. The predicted molar refractivity (Wildman–Crippen MR) is 224 cm³/mol. The Labute approximate surface area is 349 Å². The second-order valence-electron chi connectivity index (χ2n) is 17.8. The third-order valence-electron chi connectivity index (χ3n) is 10.7. The van der Waals surface area contributed by atoms with Crippen LogP contribution < -0.4 is 46.9 Å². The first-order valence-electron chi connectivity index (χ1n) is 19.3. The van der Waals surface area contributed by atoms with Crippen molar-refractivity contribution in [2.24, 2.45) is 46.0 Å². The van der Waals surface area contributed by atoms with E-state index < -0.39 is 0 Å². The first-order valence-corrected chi connectivity index (χ1v) is 24.4. The van der Waals surface area contributed by atoms with Crippen molar-refractivity contribution in [2.75, 3.05) is 64.3 Å². The smallest absolute Gasteiger partial charge is 0.0804 e. The molecule has 8 nitrogen and oxygen atoms in total. The first-order chi connectivity index (χ1) is 23.4. The summed E-state index contributed by atoms with van der Waals surface area (Å²) >= 11 is 7.15. The van der Waals surface area contributed by atoms with Gasteiger partial charge in [-0.15, -0.1) is 0 Å². The fourth-order valence-corrected chi connectivity index (χ4v) is 11.1. The summed E-state index contributed by atoms with van der Waals surface area (Å²) in [6.07, 6.45) is 16.4. The summed E-state index contributed by atoms with van der Waals surface area (Å²) in [5.74, 6) is 2.57. The van der Waals surface area contributed by atoms with Crippen molar-refractivity contribution < 1.29 is 55.9 Å². The highest BCUT2D eigenvalue weighted by atomic mass is 35.5. The van der Waals surface area contributed by atoms with E-state index in [9.17, 15) is 20.4 Å². The quantitative estimate of drug-likeness (QED) is 0.102. The number of aliphatic hydroxyl groups is 4. The van der Waals surface area contributed by atoms with Crippen molar-refractivity contribution in [3.63, 3.8) is 0 Å². The second-order valence-corrected chi connectivity index (χ2v) is 22.1. The molecular formula is C38H82Cl2N4O4S4. The van der Waals surface area contributed by atoms with Crippen molar-refractivity contribution in [1.29, 1.82) is 0 Å². The number of rotatable bonds is 12. The lowest BCUT2D eigenvalue weighted by molar-refractivity contribution is -0.670. The van der Waals surface area contributed by atoms with Gasteiger partial charge in [0.2, 0.25) is 0 Å². The number of hydrogen-bond donors (Lipinski definition) is 8. The lowest BCUT2D eigenvalue weighted by Gasteiger charge is -2.17. The molecule has 12 N–H and O–H groups in total. The number of aliphatic hydroxyl groups excluding tert-OH is 4. The molecular weight excluding hydrogens is 776 g/mol. The summed E-state index contributed by atoms with van der Waals surface area (Å²) in [7, 11) is 0. The van der Waals surface area contributed by atoms with Gasteiger partial charge in [-0.3, -0.25) is 0 Å². The second kappa shape index (κ2) is 29.0. The van der Waals surface area contributed by atoms with Crippen molar-refractivity contribution in [1.82, 2.24) is 0 Å². The zero-order chi connectivity index (χ0) is 38.1. The molecule has 0 heterocycles. The van der Waals surface area contributed by atoms with Gasteiger partial charge in [0.15, 0.2) is 0 Å². The molecule has 0 amide bonds. The molecule has 14 heteroatoms. The summed E-state index contributed by atoms with van der Waals surface area (Å²) in [5, 5.41) is 45.1. The van der Waals surface area contributed by atoms with Crippen LogP contribution in [0.3, 0.4) is 0 Å². The van der Waals surface area contributed by atoms with E-state index in [1.165, 1.54) is 39.0 Å². The molecule has 0 unspecified atom stereocenters. The summed E-state index contributed by atoms with van der Waals surface area (Å²) in [5.41, 5.74) is 11.8. The van der Waals surface area contributed by atoms with Crippen LogP contribution in [-0.2, 0) is 0 Å². The summed E-state index contributed by atoms with van der Waals surface area (Å²) in [6, 6.07) is 0. The van der Waals surface area contributed by atoms with E-state index in [1.54, 1.807) is 23.5 Å². The number of halogens is 2. The Morgan fingerprint density at radius 3 is 0.865 bits per heavy atom. The van der Waals surface area contributed by atoms with Crippen molar-refractivity contribution in [2.45, 2.75) is 138 Å². The van der Waals surface area contributed by atoms with E-state index in [4.69, 9.17) is 11.5 Å². The van der Waals surface area contributed by atoms with E-state index in [2.05, 4.69) is 64.7 Å². The van der Waals surface area contributed by atoms with Gasteiger partial charge in [0.1, 0.15) is 0 Å². The fraction of sp³-hybridized carbons (Fsp3) is 1.00. The minimum atomic E-state index is -0.108. The zero-order valence-corrected chi connectivity index (χ0v) is 39.1. The standard InChI is InChI=1S/2C12H25NOS.2C7H15NOS.2ClH/c2*1-12(2,3)8-13-7-9-5-10(14)11(6-9)15-4;2*1-10-7-3-5(4-8)2-6(7)9;;/h2*9-11,13-14H,5-8H2,1-4H3;2*5-7,9H,2-4,8H2,1H3;2*1H/t2*9-,10+,11+;2*5-,6+,7+;;/m1010../s1. The maximum Gasteiger partial charge on any atom is 0.0804 e. The molecule has 4 aliphatic rings. The molecule has 0 aromatic heterocycles. The molecule has 316 valence electrons. The molecule has 4 rings (SSSR count). The van der Waals surface area contributed by atoms with Crippen LogP contribution in [0.1, 0.15) is 92.9 Å². The van der Waals surface area contributed by atoms with Crippen molar-refractivity contribution in [3.05, 3.63) is 0 Å². The molecule has 0 aliphatic heterocycles.